The molecule has 1 rings (SSSR count). The Morgan fingerprint density at radius 2 is 2.13 bits per heavy atom. The molecule has 1 aliphatic heterocycles. The van der Waals surface area contributed by atoms with E-state index in [0.29, 0.717) is 6.04 Å². The number of nitrogens with zero attached hydrogens (tertiary/aromatic N) is 2. The van der Waals surface area contributed by atoms with Gasteiger partial charge >= 0.3 is 0 Å². The van der Waals surface area contributed by atoms with Crippen LogP contribution in [-0.4, -0.2) is 62.0 Å². The zero-order valence-corrected chi connectivity index (χ0v) is 10.3. The minimum absolute atomic E-state index is 0.0416. The number of hydrogen-bond donors (Lipinski definition) is 1. The lowest BCUT2D eigenvalue weighted by Gasteiger charge is -2.29. The van der Waals surface area contributed by atoms with Crippen LogP contribution in [0.1, 0.15) is 19.8 Å². The second kappa shape index (κ2) is 5.47. The largest absolute Gasteiger partial charge is 0.344 e. The Balaban J connectivity index is 2.70. The van der Waals surface area contributed by atoms with E-state index in [4.69, 9.17) is 0 Å². The van der Waals surface area contributed by atoms with Gasteiger partial charge in [0.05, 0.1) is 6.04 Å². The third-order valence-electron chi connectivity index (χ3n) is 3.40. The van der Waals surface area contributed by atoms with E-state index in [2.05, 4.69) is 24.2 Å². The normalized spacial score (nSPS) is 29.3. The monoisotopic (exact) mass is 213 g/mol. The first kappa shape index (κ1) is 12.5. The highest BCUT2D eigenvalue weighted by Gasteiger charge is 2.31. The second-order valence-electron chi connectivity index (χ2n) is 4.47. The molecule has 4 heteroatoms. The highest BCUT2D eigenvalue weighted by molar-refractivity contribution is 5.81. The Hall–Kier alpha value is -0.610. The Bertz CT molecular complexity index is 220. The van der Waals surface area contributed by atoms with E-state index in [1.807, 2.05) is 19.0 Å². The summed E-state index contributed by atoms with van der Waals surface area (Å²) >= 11 is 0. The molecular formula is C11H23N3O. The molecule has 0 bridgehead atoms. The highest BCUT2D eigenvalue weighted by atomic mass is 16.2. The molecule has 0 aromatic heterocycles. The Labute approximate surface area is 92.6 Å². The van der Waals surface area contributed by atoms with Gasteiger partial charge in [0, 0.05) is 19.6 Å². The fraction of sp³-hybridized carbons (Fsp3) is 0.909. The van der Waals surface area contributed by atoms with Crippen molar-refractivity contribution in [1.82, 2.24) is 15.1 Å². The van der Waals surface area contributed by atoms with Crippen molar-refractivity contribution in [2.45, 2.75) is 31.8 Å². The lowest BCUT2D eigenvalue weighted by molar-refractivity contribution is -0.134. The van der Waals surface area contributed by atoms with Gasteiger partial charge in [-0.25, -0.2) is 0 Å². The molecule has 0 saturated carbocycles. The van der Waals surface area contributed by atoms with E-state index in [1.54, 1.807) is 0 Å². The van der Waals surface area contributed by atoms with Crippen LogP contribution in [0.25, 0.3) is 0 Å². The molecule has 1 saturated heterocycles. The Morgan fingerprint density at radius 1 is 1.47 bits per heavy atom. The number of rotatable bonds is 3. The maximum Gasteiger partial charge on any atom is 0.239 e. The van der Waals surface area contributed by atoms with Crippen molar-refractivity contribution in [2.75, 3.05) is 34.2 Å². The van der Waals surface area contributed by atoms with Gasteiger partial charge in [-0.2, -0.15) is 0 Å². The SMILES string of the molecule is CNCCC1C(=O)N(C)CCC(C)N1C. The van der Waals surface area contributed by atoms with Crippen LogP contribution in [0.3, 0.4) is 0 Å². The summed E-state index contributed by atoms with van der Waals surface area (Å²) in [7, 11) is 5.89. The molecule has 1 aliphatic rings. The molecule has 0 aliphatic carbocycles. The summed E-state index contributed by atoms with van der Waals surface area (Å²) in [6.07, 6.45) is 1.95. The fourth-order valence-electron chi connectivity index (χ4n) is 2.04. The first-order valence-electron chi connectivity index (χ1n) is 5.69. The van der Waals surface area contributed by atoms with Crippen LogP contribution in [0.5, 0.6) is 0 Å². The predicted molar refractivity (Wildman–Crippen MR) is 61.8 cm³/mol. The molecule has 2 unspecified atom stereocenters. The number of carbonyl (C=O) groups is 1. The third-order valence-corrected chi connectivity index (χ3v) is 3.40. The smallest absolute Gasteiger partial charge is 0.239 e. The van der Waals surface area contributed by atoms with Crippen molar-refractivity contribution in [3.8, 4) is 0 Å². The lowest BCUT2D eigenvalue weighted by Crippen LogP contribution is -2.46. The number of hydrogen-bond acceptors (Lipinski definition) is 3. The Kier molecular flexibility index (Phi) is 4.54. The van der Waals surface area contributed by atoms with Crippen LogP contribution in [0.4, 0.5) is 0 Å². The van der Waals surface area contributed by atoms with Crippen molar-refractivity contribution < 1.29 is 4.79 Å². The van der Waals surface area contributed by atoms with Gasteiger partial charge in [0.15, 0.2) is 0 Å². The van der Waals surface area contributed by atoms with Gasteiger partial charge in [0.25, 0.3) is 0 Å². The van der Waals surface area contributed by atoms with Gasteiger partial charge in [-0.15, -0.1) is 0 Å². The molecule has 0 aromatic rings. The average molecular weight is 213 g/mol. The van der Waals surface area contributed by atoms with Crippen LogP contribution in [-0.2, 0) is 4.79 Å². The molecule has 0 spiro atoms. The summed E-state index contributed by atoms with van der Waals surface area (Å²) in [6, 6.07) is 0.528. The van der Waals surface area contributed by atoms with Crippen LogP contribution in [0.2, 0.25) is 0 Å². The van der Waals surface area contributed by atoms with Crippen molar-refractivity contribution in [2.24, 2.45) is 0 Å². The van der Waals surface area contributed by atoms with Gasteiger partial charge in [-0.05, 0) is 40.4 Å². The summed E-state index contributed by atoms with van der Waals surface area (Å²) in [5.74, 6) is 0.261. The van der Waals surface area contributed by atoms with Crippen molar-refractivity contribution in [3.05, 3.63) is 0 Å². The maximum absolute atomic E-state index is 12.1. The fourth-order valence-corrected chi connectivity index (χ4v) is 2.04. The molecule has 0 radical (unpaired) electrons. The van der Waals surface area contributed by atoms with Crippen LogP contribution in [0, 0.1) is 0 Å². The molecule has 88 valence electrons. The molecule has 1 amide bonds. The summed E-state index contributed by atoms with van der Waals surface area (Å²) in [5.41, 5.74) is 0. The van der Waals surface area contributed by atoms with Crippen molar-refractivity contribution in [3.63, 3.8) is 0 Å². The van der Waals surface area contributed by atoms with E-state index in [9.17, 15) is 4.79 Å². The van der Waals surface area contributed by atoms with Crippen molar-refractivity contribution in [1.29, 1.82) is 0 Å². The molecule has 15 heavy (non-hydrogen) atoms. The van der Waals surface area contributed by atoms with Gasteiger partial charge in [0.2, 0.25) is 5.91 Å². The lowest BCUT2D eigenvalue weighted by atomic mass is 10.1. The summed E-state index contributed by atoms with van der Waals surface area (Å²) in [5, 5.41) is 3.11. The number of amides is 1. The standard InChI is InChI=1S/C11H23N3O/c1-9-6-8-13(3)11(15)10(14(9)4)5-7-12-2/h9-10,12H,5-8H2,1-4H3. The average Bonchev–Trinajstić information content (AvgIpc) is 2.31. The van der Waals surface area contributed by atoms with Crippen LogP contribution < -0.4 is 5.32 Å². The van der Waals surface area contributed by atoms with Gasteiger partial charge < -0.3 is 10.2 Å². The minimum Gasteiger partial charge on any atom is -0.344 e. The first-order chi connectivity index (χ1) is 7.07. The topological polar surface area (TPSA) is 35.6 Å². The number of nitrogens with one attached hydrogen (secondary N) is 1. The molecule has 1 fully saturated rings. The van der Waals surface area contributed by atoms with Crippen molar-refractivity contribution >= 4 is 5.91 Å². The highest BCUT2D eigenvalue weighted by Crippen LogP contribution is 2.16. The van der Waals surface area contributed by atoms with E-state index in [1.165, 1.54) is 0 Å². The van der Waals surface area contributed by atoms with E-state index in [-0.39, 0.29) is 11.9 Å². The third kappa shape index (κ3) is 2.92. The van der Waals surface area contributed by atoms with Gasteiger partial charge in [-0.3, -0.25) is 9.69 Å². The van der Waals surface area contributed by atoms with Gasteiger partial charge in [0.1, 0.15) is 0 Å². The van der Waals surface area contributed by atoms with E-state index in [0.717, 1.165) is 25.9 Å². The number of likely N-dealkylation sites (N-methyl/N-ethyl adjacent to an activating group) is 2. The zero-order valence-electron chi connectivity index (χ0n) is 10.3. The molecule has 1 heterocycles. The van der Waals surface area contributed by atoms with E-state index < -0.39 is 0 Å². The predicted octanol–water partition coefficient (Wildman–Crippen LogP) is 0.147. The molecular weight excluding hydrogens is 190 g/mol. The summed E-state index contributed by atoms with van der Waals surface area (Å²) in [4.78, 5) is 16.1. The van der Waals surface area contributed by atoms with Crippen LogP contribution >= 0.6 is 0 Å². The maximum atomic E-state index is 12.1. The quantitative estimate of drug-likeness (QED) is 0.725. The second-order valence-corrected chi connectivity index (χ2v) is 4.47. The molecule has 2 atom stereocenters. The molecule has 1 N–H and O–H groups in total. The van der Waals surface area contributed by atoms with Crippen LogP contribution in [0.15, 0.2) is 0 Å². The zero-order chi connectivity index (χ0) is 11.4. The molecule has 0 aromatic carbocycles. The first-order valence-corrected chi connectivity index (χ1v) is 5.69. The van der Waals surface area contributed by atoms with Gasteiger partial charge in [-0.1, -0.05) is 0 Å². The summed E-state index contributed by atoms with van der Waals surface area (Å²) in [6.45, 7) is 3.96. The molecule has 4 nitrogen and oxygen atoms in total. The summed E-state index contributed by atoms with van der Waals surface area (Å²) < 4.78 is 0. The van der Waals surface area contributed by atoms with E-state index >= 15 is 0 Å². The minimum atomic E-state index is 0.0416. The Morgan fingerprint density at radius 3 is 2.73 bits per heavy atom. The number of carbonyl (C=O) groups excluding carboxylic acids is 1.